The minimum Gasteiger partial charge on any atom is -0.494 e. The normalized spacial score (nSPS) is 14.2. The highest BCUT2D eigenvalue weighted by Crippen LogP contribution is 2.28. The summed E-state index contributed by atoms with van der Waals surface area (Å²) >= 11 is 6.30. The average Bonchev–Trinajstić information content (AvgIpc) is 2.65. The van der Waals surface area contributed by atoms with E-state index in [1.54, 1.807) is 0 Å². The number of benzene rings is 2. The molecule has 0 spiro atoms. The van der Waals surface area contributed by atoms with Crippen molar-refractivity contribution in [2.45, 2.75) is 20.8 Å². The largest absolute Gasteiger partial charge is 0.494 e. The van der Waals surface area contributed by atoms with Gasteiger partial charge < -0.3 is 19.9 Å². The van der Waals surface area contributed by atoms with Crippen molar-refractivity contribution in [3.8, 4) is 5.75 Å². The molecule has 27 heavy (non-hydrogen) atoms. The highest BCUT2D eigenvalue weighted by atomic mass is 35.5. The molecule has 2 amide bonds. The Hall–Kier alpha value is -2.40. The van der Waals surface area contributed by atoms with E-state index in [0.29, 0.717) is 30.4 Å². The molecule has 0 saturated carbocycles. The molecule has 0 bridgehead atoms. The summed E-state index contributed by atoms with van der Waals surface area (Å²) in [6.45, 7) is 9.51. The molecule has 1 fully saturated rings. The zero-order valence-corrected chi connectivity index (χ0v) is 16.8. The predicted molar refractivity (Wildman–Crippen MR) is 111 cm³/mol. The molecule has 1 aliphatic heterocycles. The number of nitrogens with zero attached hydrogens (tertiary/aromatic N) is 2. The van der Waals surface area contributed by atoms with Gasteiger partial charge in [0.15, 0.2) is 0 Å². The summed E-state index contributed by atoms with van der Waals surface area (Å²) in [5.74, 6) is 0.879. The summed E-state index contributed by atoms with van der Waals surface area (Å²) in [5.41, 5.74) is 3.90. The van der Waals surface area contributed by atoms with Gasteiger partial charge >= 0.3 is 6.03 Å². The number of amides is 2. The zero-order chi connectivity index (χ0) is 19.4. The monoisotopic (exact) mass is 387 g/mol. The topological polar surface area (TPSA) is 44.8 Å². The van der Waals surface area contributed by atoms with Crippen LogP contribution in [0.3, 0.4) is 0 Å². The lowest BCUT2D eigenvalue weighted by Gasteiger charge is -2.36. The molecular formula is C21H26ClN3O2. The third-order valence-electron chi connectivity index (χ3n) is 4.74. The summed E-state index contributed by atoms with van der Waals surface area (Å²) in [6, 6.07) is 11.9. The molecule has 1 saturated heterocycles. The maximum atomic E-state index is 12.6. The Kier molecular flexibility index (Phi) is 6.11. The molecule has 5 nitrogen and oxygen atoms in total. The molecule has 0 atom stereocenters. The van der Waals surface area contributed by atoms with Gasteiger partial charge in [-0.3, -0.25) is 0 Å². The third-order valence-corrected chi connectivity index (χ3v) is 5.04. The molecule has 3 rings (SSSR count). The fourth-order valence-corrected chi connectivity index (χ4v) is 3.72. The van der Waals surface area contributed by atoms with Crippen LogP contribution in [0.15, 0.2) is 36.4 Å². The molecule has 6 heteroatoms. The Bertz CT molecular complexity index is 777. The molecule has 1 heterocycles. The van der Waals surface area contributed by atoms with Crippen LogP contribution < -0.4 is 15.0 Å². The number of hydrogen-bond donors (Lipinski definition) is 1. The number of nitrogens with one attached hydrogen (secondary N) is 1. The van der Waals surface area contributed by atoms with Crippen molar-refractivity contribution in [3.05, 3.63) is 52.5 Å². The van der Waals surface area contributed by atoms with Crippen LogP contribution >= 0.6 is 11.6 Å². The van der Waals surface area contributed by atoms with Crippen LogP contribution in [0.5, 0.6) is 5.75 Å². The summed E-state index contributed by atoms with van der Waals surface area (Å²) in [4.78, 5) is 16.8. The van der Waals surface area contributed by atoms with Crippen molar-refractivity contribution in [2.75, 3.05) is 43.0 Å². The minimum absolute atomic E-state index is 0.102. The standard InChI is InChI=1S/C21H26ClN3O2/c1-4-27-18-7-5-17(6-8-18)24-9-11-25(12-10-24)21(26)23-20-16(3)13-15(2)14-19(20)22/h5-8,13-14H,4,9-12H2,1-3H3,(H,23,26). The van der Waals surface area contributed by atoms with E-state index in [2.05, 4.69) is 22.3 Å². The number of aryl methyl sites for hydroxylation is 2. The molecule has 2 aromatic rings. The summed E-state index contributed by atoms with van der Waals surface area (Å²) < 4.78 is 5.49. The first kappa shape index (κ1) is 19.4. The van der Waals surface area contributed by atoms with Gasteiger partial charge in [-0.1, -0.05) is 17.7 Å². The summed E-state index contributed by atoms with van der Waals surface area (Å²) in [7, 11) is 0. The molecule has 0 aliphatic carbocycles. The van der Waals surface area contributed by atoms with Crippen molar-refractivity contribution < 1.29 is 9.53 Å². The highest BCUT2D eigenvalue weighted by Gasteiger charge is 2.22. The van der Waals surface area contributed by atoms with Gasteiger partial charge in [-0.05, 0) is 62.2 Å². The van der Waals surface area contributed by atoms with Gasteiger partial charge in [0.05, 0.1) is 17.3 Å². The molecule has 144 valence electrons. The van der Waals surface area contributed by atoms with E-state index < -0.39 is 0 Å². The Morgan fingerprint density at radius 1 is 1.11 bits per heavy atom. The maximum Gasteiger partial charge on any atom is 0.322 e. The Balaban J connectivity index is 1.58. The fraction of sp³-hybridized carbons (Fsp3) is 0.381. The van der Waals surface area contributed by atoms with Crippen LogP contribution in [-0.4, -0.2) is 43.7 Å². The first-order valence-electron chi connectivity index (χ1n) is 9.28. The van der Waals surface area contributed by atoms with Crippen molar-refractivity contribution >= 4 is 29.0 Å². The second-order valence-corrected chi connectivity index (χ2v) is 7.18. The van der Waals surface area contributed by atoms with Gasteiger partial charge in [0, 0.05) is 31.9 Å². The first-order valence-corrected chi connectivity index (χ1v) is 9.66. The molecular weight excluding hydrogens is 362 g/mol. The lowest BCUT2D eigenvalue weighted by Crippen LogP contribution is -2.50. The van der Waals surface area contributed by atoms with Gasteiger partial charge in [0.25, 0.3) is 0 Å². The number of rotatable bonds is 4. The van der Waals surface area contributed by atoms with Crippen molar-refractivity contribution in [1.82, 2.24) is 4.90 Å². The van der Waals surface area contributed by atoms with Gasteiger partial charge in [0.1, 0.15) is 5.75 Å². The van der Waals surface area contributed by atoms with E-state index in [1.165, 1.54) is 0 Å². The van der Waals surface area contributed by atoms with E-state index in [1.807, 2.05) is 49.9 Å². The minimum atomic E-state index is -0.102. The molecule has 2 aromatic carbocycles. The first-order chi connectivity index (χ1) is 13.0. The van der Waals surface area contributed by atoms with Crippen LogP contribution in [0, 0.1) is 13.8 Å². The van der Waals surface area contributed by atoms with Crippen LogP contribution in [0.4, 0.5) is 16.2 Å². The number of piperazine rings is 1. The average molecular weight is 388 g/mol. The number of carbonyl (C=O) groups is 1. The van der Waals surface area contributed by atoms with Crippen LogP contribution in [0.2, 0.25) is 5.02 Å². The number of urea groups is 1. The second kappa shape index (κ2) is 8.53. The van der Waals surface area contributed by atoms with E-state index in [4.69, 9.17) is 16.3 Å². The van der Waals surface area contributed by atoms with Gasteiger partial charge in [-0.2, -0.15) is 0 Å². The van der Waals surface area contributed by atoms with E-state index in [0.717, 1.165) is 35.7 Å². The number of hydrogen-bond acceptors (Lipinski definition) is 3. The third kappa shape index (κ3) is 4.66. The number of ether oxygens (including phenoxy) is 1. The van der Waals surface area contributed by atoms with Crippen LogP contribution in [-0.2, 0) is 0 Å². The van der Waals surface area contributed by atoms with Crippen molar-refractivity contribution in [1.29, 1.82) is 0 Å². The molecule has 0 radical (unpaired) electrons. The van der Waals surface area contributed by atoms with Crippen LogP contribution in [0.1, 0.15) is 18.1 Å². The lowest BCUT2D eigenvalue weighted by molar-refractivity contribution is 0.208. The Morgan fingerprint density at radius 3 is 2.37 bits per heavy atom. The van der Waals surface area contributed by atoms with Gasteiger partial charge in [0.2, 0.25) is 0 Å². The van der Waals surface area contributed by atoms with Crippen LogP contribution in [0.25, 0.3) is 0 Å². The smallest absolute Gasteiger partial charge is 0.322 e. The highest BCUT2D eigenvalue weighted by molar-refractivity contribution is 6.34. The quantitative estimate of drug-likeness (QED) is 0.826. The number of halogens is 1. The summed E-state index contributed by atoms with van der Waals surface area (Å²) in [6.07, 6.45) is 0. The van der Waals surface area contributed by atoms with E-state index in [9.17, 15) is 4.79 Å². The summed E-state index contributed by atoms with van der Waals surface area (Å²) in [5, 5.41) is 3.55. The number of anilines is 2. The zero-order valence-electron chi connectivity index (χ0n) is 16.1. The SMILES string of the molecule is CCOc1ccc(N2CCN(C(=O)Nc3c(C)cc(C)cc3Cl)CC2)cc1. The lowest BCUT2D eigenvalue weighted by atomic mass is 10.1. The van der Waals surface area contributed by atoms with E-state index in [-0.39, 0.29) is 6.03 Å². The second-order valence-electron chi connectivity index (χ2n) is 6.77. The molecule has 0 aromatic heterocycles. The van der Waals surface area contributed by atoms with Gasteiger partial charge in [-0.25, -0.2) is 4.79 Å². The number of carbonyl (C=O) groups excluding carboxylic acids is 1. The maximum absolute atomic E-state index is 12.6. The van der Waals surface area contributed by atoms with Crippen molar-refractivity contribution in [2.24, 2.45) is 0 Å². The fourth-order valence-electron chi connectivity index (χ4n) is 3.35. The Labute approximate surface area is 165 Å². The van der Waals surface area contributed by atoms with E-state index >= 15 is 0 Å². The van der Waals surface area contributed by atoms with Crippen molar-refractivity contribution in [3.63, 3.8) is 0 Å². The molecule has 1 N–H and O–H groups in total. The van der Waals surface area contributed by atoms with Gasteiger partial charge in [-0.15, -0.1) is 0 Å². The molecule has 0 unspecified atom stereocenters. The predicted octanol–water partition coefficient (Wildman–Crippen LogP) is 4.71. The Morgan fingerprint density at radius 2 is 1.78 bits per heavy atom. The molecule has 1 aliphatic rings.